The molecule has 3 heteroatoms. The topological polar surface area (TPSA) is 46.3 Å². The Balaban J connectivity index is 2.71. The van der Waals surface area contributed by atoms with Gasteiger partial charge >= 0.3 is 0 Å². The van der Waals surface area contributed by atoms with Crippen molar-refractivity contribution < 1.29 is 4.79 Å². The Bertz CT molecular complexity index is 287. The second kappa shape index (κ2) is 8.02. The van der Waals surface area contributed by atoms with Gasteiger partial charge in [0.1, 0.15) is 0 Å². The number of nitrogens with two attached hydrogens (primary N) is 1. The lowest BCUT2D eigenvalue weighted by atomic mass is 9.77. The van der Waals surface area contributed by atoms with E-state index in [0.29, 0.717) is 12.5 Å². The Kier molecular flexibility index (Phi) is 7.01. The van der Waals surface area contributed by atoms with Crippen LogP contribution >= 0.6 is 0 Å². The maximum atomic E-state index is 13.0. The summed E-state index contributed by atoms with van der Waals surface area (Å²) in [7, 11) is 0. The van der Waals surface area contributed by atoms with Crippen molar-refractivity contribution in [3.8, 4) is 0 Å². The molecule has 0 spiro atoms. The van der Waals surface area contributed by atoms with Crippen molar-refractivity contribution in [3.63, 3.8) is 0 Å². The first-order chi connectivity index (χ1) is 9.50. The molecular formula is C17H34N2O. The van der Waals surface area contributed by atoms with Crippen LogP contribution in [-0.2, 0) is 4.79 Å². The van der Waals surface area contributed by atoms with Crippen molar-refractivity contribution in [2.75, 3.05) is 19.6 Å². The molecule has 1 amide bonds. The minimum atomic E-state index is -0.297. The molecule has 1 heterocycles. The van der Waals surface area contributed by atoms with Gasteiger partial charge in [-0.1, -0.05) is 40.5 Å². The van der Waals surface area contributed by atoms with Crippen LogP contribution in [0.1, 0.15) is 66.2 Å². The molecule has 0 atom stereocenters. The molecule has 1 saturated heterocycles. The molecule has 0 saturated carbocycles. The predicted octanol–water partition coefficient (Wildman–Crippen LogP) is 3.43. The van der Waals surface area contributed by atoms with Crippen LogP contribution in [0.3, 0.4) is 0 Å². The van der Waals surface area contributed by atoms with Gasteiger partial charge in [-0.2, -0.15) is 0 Å². The number of nitrogens with zero attached hydrogens (tertiary/aromatic N) is 1. The summed E-state index contributed by atoms with van der Waals surface area (Å²) >= 11 is 0. The zero-order valence-electron chi connectivity index (χ0n) is 14.0. The zero-order chi connectivity index (χ0) is 15.2. The highest BCUT2D eigenvalue weighted by Crippen LogP contribution is 2.33. The minimum Gasteiger partial charge on any atom is -0.342 e. The maximum Gasteiger partial charge on any atom is 0.230 e. The van der Waals surface area contributed by atoms with Crippen molar-refractivity contribution in [3.05, 3.63) is 0 Å². The van der Waals surface area contributed by atoms with Crippen LogP contribution in [0.2, 0.25) is 0 Å². The van der Waals surface area contributed by atoms with Crippen LogP contribution in [0, 0.1) is 17.3 Å². The van der Waals surface area contributed by atoms with E-state index >= 15 is 0 Å². The highest BCUT2D eigenvalue weighted by Gasteiger charge is 2.39. The molecule has 0 bridgehead atoms. The summed E-state index contributed by atoms with van der Waals surface area (Å²) in [5.74, 6) is 1.84. The second-order valence-corrected chi connectivity index (χ2v) is 6.86. The van der Waals surface area contributed by atoms with Gasteiger partial charge in [-0.15, -0.1) is 0 Å². The SMILES string of the molecule is CCCC(CN)(CCC)C(=O)N1CCC(C(C)C)CC1. The quantitative estimate of drug-likeness (QED) is 0.777. The molecule has 0 aromatic rings. The van der Waals surface area contributed by atoms with E-state index in [1.807, 2.05) is 0 Å². The summed E-state index contributed by atoms with van der Waals surface area (Å²) in [4.78, 5) is 15.0. The van der Waals surface area contributed by atoms with Crippen molar-refractivity contribution in [2.24, 2.45) is 23.0 Å². The van der Waals surface area contributed by atoms with Crippen LogP contribution in [0.25, 0.3) is 0 Å². The zero-order valence-corrected chi connectivity index (χ0v) is 14.0. The molecule has 0 aliphatic carbocycles. The average molecular weight is 282 g/mol. The van der Waals surface area contributed by atoms with E-state index in [2.05, 4.69) is 32.6 Å². The molecular weight excluding hydrogens is 248 g/mol. The summed E-state index contributed by atoms with van der Waals surface area (Å²) in [5, 5.41) is 0. The molecule has 0 unspecified atom stereocenters. The number of hydrogen-bond donors (Lipinski definition) is 1. The van der Waals surface area contributed by atoms with E-state index in [9.17, 15) is 4.79 Å². The minimum absolute atomic E-state index is 0.297. The third kappa shape index (κ3) is 3.97. The molecule has 1 aliphatic heterocycles. The van der Waals surface area contributed by atoms with E-state index in [0.717, 1.165) is 63.5 Å². The molecule has 118 valence electrons. The van der Waals surface area contributed by atoms with Crippen molar-refractivity contribution in [2.45, 2.75) is 66.2 Å². The number of hydrogen-bond acceptors (Lipinski definition) is 2. The summed E-state index contributed by atoms with van der Waals surface area (Å²) in [6.07, 6.45) is 6.24. The van der Waals surface area contributed by atoms with Crippen molar-refractivity contribution in [1.82, 2.24) is 4.90 Å². The fraction of sp³-hybridized carbons (Fsp3) is 0.941. The smallest absolute Gasteiger partial charge is 0.230 e. The van der Waals surface area contributed by atoms with Gasteiger partial charge in [0.05, 0.1) is 5.41 Å². The Hall–Kier alpha value is -0.570. The van der Waals surface area contributed by atoms with Crippen molar-refractivity contribution >= 4 is 5.91 Å². The molecule has 1 fully saturated rings. The van der Waals surface area contributed by atoms with E-state index in [4.69, 9.17) is 5.73 Å². The summed E-state index contributed by atoms with van der Waals surface area (Å²) in [5.41, 5.74) is 5.72. The van der Waals surface area contributed by atoms with Crippen molar-refractivity contribution in [1.29, 1.82) is 0 Å². The molecule has 0 radical (unpaired) electrons. The summed E-state index contributed by atoms with van der Waals surface area (Å²) in [6, 6.07) is 0. The first-order valence-electron chi connectivity index (χ1n) is 8.50. The molecule has 3 nitrogen and oxygen atoms in total. The van der Waals surface area contributed by atoms with Gasteiger partial charge in [-0.25, -0.2) is 0 Å². The fourth-order valence-corrected chi connectivity index (χ4v) is 3.69. The molecule has 1 aliphatic rings. The highest BCUT2D eigenvalue weighted by molar-refractivity contribution is 5.83. The monoisotopic (exact) mass is 282 g/mol. The van der Waals surface area contributed by atoms with E-state index in [1.54, 1.807) is 0 Å². The standard InChI is InChI=1S/C17H34N2O/c1-5-9-17(13-18,10-6-2)16(20)19-11-7-15(8-12-19)14(3)4/h14-15H,5-13,18H2,1-4H3. The molecule has 20 heavy (non-hydrogen) atoms. The number of amides is 1. The van der Waals surface area contributed by atoms with E-state index in [-0.39, 0.29) is 5.41 Å². The molecule has 1 rings (SSSR count). The van der Waals surface area contributed by atoms with Gasteiger partial charge in [-0.05, 0) is 37.5 Å². The van der Waals surface area contributed by atoms with Crippen LogP contribution in [0.15, 0.2) is 0 Å². The predicted molar refractivity (Wildman–Crippen MR) is 85.4 cm³/mol. The van der Waals surface area contributed by atoms with Gasteiger partial charge in [0.15, 0.2) is 0 Å². The number of carbonyl (C=O) groups is 1. The van der Waals surface area contributed by atoms with Crippen LogP contribution in [0.4, 0.5) is 0 Å². The van der Waals surface area contributed by atoms with Gasteiger partial charge in [-0.3, -0.25) is 4.79 Å². The molecule has 0 aromatic carbocycles. The van der Waals surface area contributed by atoms with Gasteiger partial charge in [0.25, 0.3) is 0 Å². The normalized spacial score (nSPS) is 17.8. The van der Waals surface area contributed by atoms with Gasteiger partial charge in [0, 0.05) is 19.6 Å². The Morgan fingerprint density at radius 3 is 2.05 bits per heavy atom. The largest absolute Gasteiger partial charge is 0.342 e. The summed E-state index contributed by atoms with van der Waals surface area (Å²) in [6.45, 7) is 11.2. The first kappa shape index (κ1) is 17.5. The number of rotatable bonds is 7. The lowest BCUT2D eigenvalue weighted by Crippen LogP contribution is -2.50. The Morgan fingerprint density at radius 1 is 1.20 bits per heavy atom. The average Bonchev–Trinajstić information content (AvgIpc) is 2.46. The van der Waals surface area contributed by atoms with Gasteiger partial charge in [0.2, 0.25) is 5.91 Å². The van der Waals surface area contributed by atoms with E-state index in [1.165, 1.54) is 0 Å². The number of likely N-dealkylation sites (tertiary alicyclic amines) is 1. The lowest BCUT2D eigenvalue weighted by Gasteiger charge is -2.40. The van der Waals surface area contributed by atoms with E-state index < -0.39 is 0 Å². The Labute approximate surface area is 125 Å². The maximum absolute atomic E-state index is 13.0. The van der Waals surface area contributed by atoms with Gasteiger partial charge < -0.3 is 10.6 Å². The third-order valence-corrected chi connectivity index (χ3v) is 5.07. The van der Waals surface area contributed by atoms with Crippen LogP contribution in [0.5, 0.6) is 0 Å². The highest BCUT2D eigenvalue weighted by atomic mass is 16.2. The van der Waals surface area contributed by atoms with Crippen LogP contribution < -0.4 is 5.73 Å². The molecule has 0 aromatic heterocycles. The summed E-state index contributed by atoms with van der Waals surface area (Å²) < 4.78 is 0. The Morgan fingerprint density at radius 2 is 1.70 bits per heavy atom. The van der Waals surface area contributed by atoms with Crippen LogP contribution in [-0.4, -0.2) is 30.4 Å². The molecule has 2 N–H and O–H groups in total. The second-order valence-electron chi connectivity index (χ2n) is 6.86. The third-order valence-electron chi connectivity index (χ3n) is 5.07. The fourth-order valence-electron chi connectivity index (χ4n) is 3.69. The number of carbonyl (C=O) groups excluding carboxylic acids is 1. The first-order valence-corrected chi connectivity index (χ1v) is 8.50. The number of piperidine rings is 1. The lowest BCUT2D eigenvalue weighted by molar-refractivity contribution is -0.144.